The van der Waals surface area contributed by atoms with Gasteiger partial charge in [0.25, 0.3) is 0 Å². The molecule has 0 aromatic heterocycles. The topological polar surface area (TPSA) is 58.6 Å². The Morgan fingerprint density at radius 3 is 2.78 bits per heavy atom. The second kappa shape index (κ2) is 4.20. The number of nitrogens with one attached hydrogen (secondary N) is 1. The standard InChI is InChI=1S/C14H23NO3/c1-14(2)11(9-6-7-18-12(9)14)15-13(17)8-4-3-5-10(8)16/h8-12,16H,3-7H2,1-2H3,(H,15,17). The number of rotatable bonds is 2. The first-order valence-electron chi connectivity index (χ1n) is 7.12. The van der Waals surface area contributed by atoms with Crippen molar-refractivity contribution in [2.75, 3.05) is 6.61 Å². The summed E-state index contributed by atoms with van der Waals surface area (Å²) in [5.74, 6) is 0.327. The summed E-state index contributed by atoms with van der Waals surface area (Å²) in [4.78, 5) is 12.2. The zero-order valence-corrected chi connectivity index (χ0v) is 11.2. The Morgan fingerprint density at radius 1 is 1.33 bits per heavy atom. The van der Waals surface area contributed by atoms with E-state index < -0.39 is 6.10 Å². The zero-order chi connectivity index (χ0) is 12.9. The van der Waals surface area contributed by atoms with E-state index in [2.05, 4.69) is 19.2 Å². The summed E-state index contributed by atoms with van der Waals surface area (Å²) in [6, 6.07) is 0.213. The van der Waals surface area contributed by atoms with Crippen molar-refractivity contribution in [3.05, 3.63) is 0 Å². The van der Waals surface area contributed by atoms with Gasteiger partial charge in [0, 0.05) is 24.0 Å². The van der Waals surface area contributed by atoms with Crippen LogP contribution >= 0.6 is 0 Å². The minimum atomic E-state index is -0.441. The van der Waals surface area contributed by atoms with Crippen LogP contribution in [-0.4, -0.2) is 35.9 Å². The molecule has 2 N–H and O–H groups in total. The summed E-state index contributed by atoms with van der Waals surface area (Å²) >= 11 is 0. The molecule has 102 valence electrons. The Labute approximate surface area is 108 Å². The molecule has 18 heavy (non-hydrogen) atoms. The predicted molar refractivity (Wildman–Crippen MR) is 66.9 cm³/mol. The van der Waals surface area contributed by atoms with Gasteiger partial charge in [0.15, 0.2) is 0 Å². The van der Waals surface area contributed by atoms with Gasteiger partial charge < -0.3 is 15.2 Å². The Hall–Kier alpha value is -0.610. The molecule has 0 aromatic rings. The molecule has 1 heterocycles. The molecule has 4 heteroatoms. The molecular weight excluding hydrogens is 230 g/mol. The minimum Gasteiger partial charge on any atom is -0.392 e. The third-order valence-corrected chi connectivity index (χ3v) is 5.21. The van der Waals surface area contributed by atoms with Gasteiger partial charge in [-0.1, -0.05) is 13.8 Å². The van der Waals surface area contributed by atoms with Crippen LogP contribution in [0.25, 0.3) is 0 Å². The van der Waals surface area contributed by atoms with Crippen LogP contribution in [0.4, 0.5) is 0 Å². The van der Waals surface area contributed by atoms with Crippen molar-refractivity contribution >= 4 is 5.91 Å². The molecule has 1 amide bonds. The van der Waals surface area contributed by atoms with E-state index in [-0.39, 0.29) is 23.3 Å². The molecule has 4 nitrogen and oxygen atoms in total. The van der Waals surface area contributed by atoms with Gasteiger partial charge in [-0.3, -0.25) is 4.79 Å². The van der Waals surface area contributed by atoms with Crippen LogP contribution in [0.1, 0.15) is 39.5 Å². The third-order valence-electron chi connectivity index (χ3n) is 5.21. The van der Waals surface area contributed by atoms with Gasteiger partial charge in [0.05, 0.1) is 18.1 Å². The van der Waals surface area contributed by atoms with Crippen LogP contribution in [0, 0.1) is 17.3 Å². The smallest absolute Gasteiger partial charge is 0.225 e. The monoisotopic (exact) mass is 253 g/mol. The van der Waals surface area contributed by atoms with Gasteiger partial charge in [0.1, 0.15) is 0 Å². The normalized spacial score (nSPS) is 45.4. The highest BCUT2D eigenvalue weighted by atomic mass is 16.5. The van der Waals surface area contributed by atoms with Crippen molar-refractivity contribution in [1.82, 2.24) is 5.32 Å². The van der Waals surface area contributed by atoms with Crippen molar-refractivity contribution in [2.45, 2.75) is 57.8 Å². The zero-order valence-electron chi connectivity index (χ0n) is 11.2. The maximum Gasteiger partial charge on any atom is 0.225 e. The van der Waals surface area contributed by atoms with Gasteiger partial charge in [-0.15, -0.1) is 0 Å². The number of carbonyl (C=O) groups is 1. The Kier molecular flexibility index (Phi) is 2.90. The highest BCUT2D eigenvalue weighted by molar-refractivity contribution is 5.80. The molecule has 0 aromatic carbocycles. The highest BCUT2D eigenvalue weighted by Crippen LogP contribution is 2.52. The summed E-state index contributed by atoms with van der Waals surface area (Å²) in [6.45, 7) is 5.14. The van der Waals surface area contributed by atoms with Crippen LogP contribution in [0.15, 0.2) is 0 Å². The average Bonchev–Trinajstić information content (AvgIpc) is 2.92. The van der Waals surface area contributed by atoms with Crippen molar-refractivity contribution in [3.63, 3.8) is 0 Å². The molecular formula is C14H23NO3. The lowest BCUT2D eigenvalue weighted by atomic mass is 9.57. The first-order valence-corrected chi connectivity index (χ1v) is 7.12. The predicted octanol–water partition coefficient (Wildman–Crippen LogP) is 1.08. The van der Waals surface area contributed by atoms with E-state index in [9.17, 15) is 9.90 Å². The first-order chi connectivity index (χ1) is 8.51. The van der Waals surface area contributed by atoms with Gasteiger partial charge in [-0.05, 0) is 25.7 Å². The Bertz CT molecular complexity index is 355. The fourth-order valence-electron chi connectivity index (χ4n) is 4.12. The number of hydrogen-bond acceptors (Lipinski definition) is 3. The summed E-state index contributed by atoms with van der Waals surface area (Å²) in [5, 5.41) is 13.0. The molecule has 0 bridgehead atoms. The number of aliphatic hydroxyl groups is 1. The lowest BCUT2D eigenvalue weighted by Crippen LogP contribution is -2.67. The second-order valence-electron chi connectivity index (χ2n) is 6.66. The molecule has 3 fully saturated rings. The van der Waals surface area contributed by atoms with E-state index in [0.29, 0.717) is 12.0 Å². The quantitative estimate of drug-likeness (QED) is 0.774. The largest absolute Gasteiger partial charge is 0.392 e. The van der Waals surface area contributed by atoms with Crippen molar-refractivity contribution in [3.8, 4) is 0 Å². The maximum atomic E-state index is 12.2. The molecule has 1 saturated heterocycles. The van der Waals surface area contributed by atoms with E-state index in [4.69, 9.17) is 4.74 Å². The molecule has 0 spiro atoms. The van der Waals surface area contributed by atoms with E-state index in [1.807, 2.05) is 0 Å². The number of amides is 1. The van der Waals surface area contributed by atoms with Gasteiger partial charge in [-0.2, -0.15) is 0 Å². The van der Waals surface area contributed by atoms with Crippen molar-refractivity contribution < 1.29 is 14.6 Å². The van der Waals surface area contributed by atoms with Crippen molar-refractivity contribution in [2.24, 2.45) is 17.3 Å². The van der Waals surface area contributed by atoms with Gasteiger partial charge >= 0.3 is 0 Å². The molecule has 2 saturated carbocycles. The molecule has 5 atom stereocenters. The Balaban J connectivity index is 1.64. The average molecular weight is 253 g/mol. The number of fused-ring (bicyclic) bond motifs is 1. The van der Waals surface area contributed by atoms with Crippen LogP contribution in [0.5, 0.6) is 0 Å². The van der Waals surface area contributed by atoms with Crippen LogP contribution in [0.2, 0.25) is 0 Å². The van der Waals surface area contributed by atoms with E-state index in [1.54, 1.807) is 0 Å². The molecule has 1 aliphatic heterocycles. The number of aliphatic hydroxyl groups excluding tert-OH is 1. The van der Waals surface area contributed by atoms with E-state index in [0.717, 1.165) is 32.3 Å². The van der Waals surface area contributed by atoms with Crippen LogP contribution in [0.3, 0.4) is 0 Å². The highest BCUT2D eigenvalue weighted by Gasteiger charge is 2.60. The first kappa shape index (κ1) is 12.4. The van der Waals surface area contributed by atoms with Gasteiger partial charge in [-0.25, -0.2) is 0 Å². The van der Waals surface area contributed by atoms with Crippen LogP contribution in [-0.2, 0) is 9.53 Å². The number of carbonyl (C=O) groups excluding carboxylic acids is 1. The number of hydrogen-bond donors (Lipinski definition) is 2. The molecule has 2 aliphatic carbocycles. The summed E-state index contributed by atoms with van der Waals surface area (Å²) in [5.41, 5.74) is 0.0282. The summed E-state index contributed by atoms with van der Waals surface area (Å²) in [6.07, 6.45) is 3.46. The lowest BCUT2D eigenvalue weighted by Gasteiger charge is -2.54. The van der Waals surface area contributed by atoms with Crippen LogP contribution < -0.4 is 5.32 Å². The SMILES string of the molecule is CC1(C)C(NC(=O)C2CCCC2O)C2CCOC21. The molecule has 5 unspecified atom stereocenters. The molecule has 3 rings (SSSR count). The van der Waals surface area contributed by atoms with E-state index >= 15 is 0 Å². The lowest BCUT2D eigenvalue weighted by molar-refractivity contribution is -0.143. The van der Waals surface area contributed by atoms with E-state index in [1.165, 1.54) is 0 Å². The number of ether oxygens (including phenoxy) is 1. The van der Waals surface area contributed by atoms with Gasteiger partial charge in [0.2, 0.25) is 5.91 Å². The third kappa shape index (κ3) is 1.69. The Morgan fingerprint density at radius 2 is 2.11 bits per heavy atom. The summed E-state index contributed by atoms with van der Waals surface area (Å²) in [7, 11) is 0. The minimum absolute atomic E-state index is 0.0282. The molecule has 0 radical (unpaired) electrons. The maximum absolute atomic E-state index is 12.2. The second-order valence-corrected chi connectivity index (χ2v) is 6.66. The van der Waals surface area contributed by atoms with Crippen molar-refractivity contribution in [1.29, 1.82) is 0 Å². The fraction of sp³-hybridized carbons (Fsp3) is 0.929. The molecule has 3 aliphatic rings. The summed E-state index contributed by atoms with van der Waals surface area (Å²) < 4.78 is 5.72. The fourth-order valence-corrected chi connectivity index (χ4v) is 4.12.